The van der Waals surface area contributed by atoms with Crippen LogP contribution in [-0.2, 0) is 0 Å². The lowest BCUT2D eigenvalue weighted by atomic mass is 9.99. The number of hydrogen-bond donors (Lipinski definition) is 1. The van der Waals surface area contributed by atoms with Gasteiger partial charge >= 0.3 is 0 Å². The molecule has 0 atom stereocenters. The first-order valence-electron chi connectivity index (χ1n) is 5.96. The van der Waals surface area contributed by atoms with Crippen LogP contribution in [0.3, 0.4) is 0 Å². The van der Waals surface area contributed by atoms with Gasteiger partial charge in [-0.1, -0.05) is 42.5 Å². The van der Waals surface area contributed by atoms with Crippen molar-refractivity contribution in [2.75, 3.05) is 5.73 Å². The van der Waals surface area contributed by atoms with E-state index in [9.17, 15) is 0 Å². The molecule has 0 aliphatic heterocycles. The molecule has 1 aromatic heterocycles. The molecule has 88 valence electrons. The van der Waals surface area contributed by atoms with E-state index in [-0.39, 0.29) is 0 Å². The third-order valence-electron chi connectivity index (χ3n) is 3.14. The monoisotopic (exact) mass is 234 g/mol. The average molecular weight is 234 g/mol. The smallest absolute Gasteiger partial charge is 0.0738 e. The number of rotatable bonds is 1. The van der Waals surface area contributed by atoms with Crippen LogP contribution in [0.15, 0.2) is 54.7 Å². The molecule has 0 aliphatic rings. The summed E-state index contributed by atoms with van der Waals surface area (Å²) in [5.74, 6) is 0. The maximum Gasteiger partial charge on any atom is 0.0738 e. The third kappa shape index (κ3) is 1.72. The van der Waals surface area contributed by atoms with Gasteiger partial charge in [0.25, 0.3) is 0 Å². The molecule has 0 unspecified atom stereocenters. The van der Waals surface area contributed by atoms with Crippen LogP contribution in [0.4, 0.5) is 5.69 Å². The average Bonchev–Trinajstić information content (AvgIpc) is 2.38. The predicted molar refractivity (Wildman–Crippen MR) is 76.3 cm³/mol. The molecule has 0 saturated carbocycles. The van der Waals surface area contributed by atoms with Crippen LogP contribution in [0.1, 0.15) is 5.56 Å². The summed E-state index contributed by atoms with van der Waals surface area (Å²) in [4.78, 5) is 4.47. The first kappa shape index (κ1) is 10.8. The van der Waals surface area contributed by atoms with Crippen LogP contribution in [0.2, 0.25) is 0 Å². The lowest BCUT2D eigenvalue weighted by Gasteiger charge is -2.09. The van der Waals surface area contributed by atoms with Crippen LogP contribution >= 0.6 is 0 Å². The topological polar surface area (TPSA) is 38.9 Å². The van der Waals surface area contributed by atoms with Gasteiger partial charge in [-0.25, -0.2) is 0 Å². The summed E-state index contributed by atoms with van der Waals surface area (Å²) >= 11 is 0. The summed E-state index contributed by atoms with van der Waals surface area (Å²) in [6.07, 6.45) is 1.71. The molecule has 3 aromatic rings. The molecule has 0 aliphatic carbocycles. The zero-order valence-corrected chi connectivity index (χ0v) is 10.2. The Bertz CT molecular complexity index is 712. The van der Waals surface area contributed by atoms with Crippen molar-refractivity contribution in [3.05, 3.63) is 60.3 Å². The number of pyridine rings is 1. The summed E-state index contributed by atoms with van der Waals surface area (Å²) in [6, 6.07) is 16.6. The molecule has 1 heterocycles. The number of aromatic nitrogens is 1. The summed E-state index contributed by atoms with van der Waals surface area (Å²) in [7, 11) is 0. The largest absolute Gasteiger partial charge is 0.397 e. The molecule has 2 N–H and O–H groups in total. The maximum absolute atomic E-state index is 5.76. The quantitative estimate of drug-likeness (QED) is 0.695. The minimum absolute atomic E-state index is 0.705. The Labute approximate surface area is 106 Å². The number of nitrogen functional groups attached to an aromatic ring is 1. The molecular formula is C16H14N2. The first-order valence-corrected chi connectivity index (χ1v) is 5.96. The minimum atomic E-state index is 0.705. The SMILES string of the molecule is Cc1cc(N)cnc1-c1cccc2ccccc12. The van der Waals surface area contributed by atoms with E-state index in [1.807, 2.05) is 13.0 Å². The highest BCUT2D eigenvalue weighted by atomic mass is 14.7. The van der Waals surface area contributed by atoms with E-state index in [0.29, 0.717) is 5.69 Å². The highest BCUT2D eigenvalue weighted by Crippen LogP contribution is 2.29. The van der Waals surface area contributed by atoms with Gasteiger partial charge in [-0.3, -0.25) is 4.98 Å². The molecule has 2 heteroatoms. The predicted octanol–water partition coefficient (Wildman–Crippen LogP) is 3.79. The van der Waals surface area contributed by atoms with Gasteiger partial charge in [0, 0.05) is 5.56 Å². The van der Waals surface area contributed by atoms with Gasteiger partial charge in [-0.15, -0.1) is 0 Å². The van der Waals surface area contributed by atoms with Crippen LogP contribution in [0, 0.1) is 6.92 Å². The molecule has 2 aromatic carbocycles. The molecule has 3 rings (SSSR count). The Balaban J connectivity index is 2.31. The number of nitrogens with two attached hydrogens (primary N) is 1. The van der Waals surface area contributed by atoms with Gasteiger partial charge in [-0.2, -0.15) is 0 Å². The molecular weight excluding hydrogens is 220 g/mol. The summed E-state index contributed by atoms with van der Waals surface area (Å²) in [5.41, 5.74) is 9.72. The van der Waals surface area contributed by atoms with Gasteiger partial charge in [0.15, 0.2) is 0 Å². The Morgan fingerprint density at radius 1 is 1.00 bits per heavy atom. The van der Waals surface area contributed by atoms with Crippen LogP contribution in [0.5, 0.6) is 0 Å². The number of hydrogen-bond acceptors (Lipinski definition) is 2. The lowest BCUT2D eigenvalue weighted by molar-refractivity contribution is 1.28. The standard InChI is InChI=1S/C16H14N2/c1-11-9-13(17)10-18-16(11)15-8-4-6-12-5-2-3-7-14(12)15/h2-10H,17H2,1H3. The van der Waals surface area contributed by atoms with Gasteiger partial charge in [0.2, 0.25) is 0 Å². The molecule has 18 heavy (non-hydrogen) atoms. The zero-order valence-electron chi connectivity index (χ0n) is 10.2. The fourth-order valence-electron chi connectivity index (χ4n) is 2.31. The molecule has 0 fully saturated rings. The van der Waals surface area contributed by atoms with Crippen molar-refractivity contribution in [2.45, 2.75) is 6.92 Å². The van der Waals surface area contributed by atoms with Crippen molar-refractivity contribution >= 4 is 16.5 Å². The van der Waals surface area contributed by atoms with E-state index in [4.69, 9.17) is 5.73 Å². The van der Waals surface area contributed by atoms with E-state index in [0.717, 1.165) is 16.8 Å². The van der Waals surface area contributed by atoms with E-state index in [1.54, 1.807) is 6.20 Å². The van der Waals surface area contributed by atoms with Gasteiger partial charge in [-0.05, 0) is 29.3 Å². The van der Waals surface area contributed by atoms with E-state index < -0.39 is 0 Å². The minimum Gasteiger partial charge on any atom is -0.397 e. The van der Waals surface area contributed by atoms with Crippen LogP contribution in [-0.4, -0.2) is 4.98 Å². The van der Waals surface area contributed by atoms with E-state index in [2.05, 4.69) is 47.4 Å². The summed E-state index contributed by atoms with van der Waals surface area (Å²) in [5, 5.41) is 2.45. The van der Waals surface area contributed by atoms with E-state index in [1.165, 1.54) is 10.8 Å². The van der Waals surface area contributed by atoms with Crippen molar-refractivity contribution in [2.24, 2.45) is 0 Å². The Morgan fingerprint density at radius 2 is 1.78 bits per heavy atom. The van der Waals surface area contributed by atoms with Gasteiger partial charge in [0.1, 0.15) is 0 Å². The lowest BCUT2D eigenvalue weighted by Crippen LogP contribution is -1.93. The highest BCUT2D eigenvalue weighted by molar-refractivity contribution is 5.96. The highest BCUT2D eigenvalue weighted by Gasteiger charge is 2.07. The van der Waals surface area contributed by atoms with Gasteiger partial charge < -0.3 is 5.73 Å². The Hall–Kier alpha value is -2.35. The van der Waals surface area contributed by atoms with Crippen molar-refractivity contribution in [1.82, 2.24) is 4.98 Å². The van der Waals surface area contributed by atoms with Crippen molar-refractivity contribution in [3.8, 4) is 11.3 Å². The number of fused-ring (bicyclic) bond motifs is 1. The summed E-state index contributed by atoms with van der Waals surface area (Å²) in [6.45, 7) is 2.04. The Kier molecular flexibility index (Phi) is 2.49. The molecule has 0 amide bonds. The molecule has 0 radical (unpaired) electrons. The van der Waals surface area contributed by atoms with Gasteiger partial charge in [0.05, 0.1) is 17.6 Å². The number of nitrogens with zero attached hydrogens (tertiary/aromatic N) is 1. The van der Waals surface area contributed by atoms with Crippen LogP contribution in [0.25, 0.3) is 22.0 Å². The second-order valence-electron chi connectivity index (χ2n) is 4.46. The fraction of sp³-hybridized carbons (Fsp3) is 0.0625. The summed E-state index contributed by atoms with van der Waals surface area (Å²) < 4.78 is 0. The van der Waals surface area contributed by atoms with Crippen LogP contribution < -0.4 is 5.73 Å². The molecule has 0 bridgehead atoms. The second-order valence-corrected chi connectivity index (χ2v) is 4.46. The number of anilines is 1. The molecule has 2 nitrogen and oxygen atoms in total. The van der Waals surface area contributed by atoms with Crippen molar-refractivity contribution in [1.29, 1.82) is 0 Å². The Morgan fingerprint density at radius 3 is 2.61 bits per heavy atom. The maximum atomic E-state index is 5.76. The number of benzene rings is 2. The molecule has 0 saturated heterocycles. The normalized spacial score (nSPS) is 10.7. The fourth-order valence-corrected chi connectivity index (χ4v) is 2.31. The first-order chi connectivity index (χ1) is 8.75. The zero-order chi connectivity index (χ0) is 12.5. The second kappa shape index (κ2) is 4.15. The van der Waals surface area contributed by atoms with E-state index >= 15 is 0 Å². The van der Waals surface area contributed by atoms with Crippen molar-refractivity contribution < 1.29 is 0 Å². The number of aryl methyl sites for hydroxylation is 1. The third-order valence-corrected chi connectivity index (χ3v) is 3.14. The molecule has 0 spiro atoms. The van der Waals surface area contributed by atoms with Crippen molar-refractivity contribution in [3.63, 3.8) is 0 Å².